The van der Waals surface area contributed by atoms with Crippen LogP contribution in [0, 0.1) is 11.7 Å². The van der Waals surface area contributed by atoms with E-state index in [0.717, 1.165) is 18.4 Å². The van der Waals surface area contributed by atoms with Gasteiger partial charge in [0.15, 0.2) is 21.4 Å². The van der Waals surface area contributed by atoms with Crippen LogP contribution in [0.25, 0.3) is 0 Å². The molecule has 29 heavy (non-hydrogen) atoms. The lowest BCUT2D eigenvalue weighted by Gasteiger charge is -2.15. The number of nitrogens with one attached hydrogen (secondary N) is 1. The number of amides is 3. The Morgan fingerprint density at radius 3 is 2.69 bits per heavy atom. The van der Waals surface area contributed by atoms with Crippen LogP contribution < -0.4 is 10.1 Å². The third-order valence-electron chi connectivity index (χ3n) is 5.20. The van der Waals surface area contributed by atoms with Crippen molar-refractivity contribution in [1.82, 2.24) is 10.2 Å². The summed E-state index contributed by atoms with van der Waals surface area (Å²) in [5.41, 5.74) is 0.730. The summed E-state index contributed by atoms with van der Waals surface area (Å²) in [7, 11) is -3.31. The molecule has 0 aromatic heterocycles. The Hall–Kier alpha value is -2.16. The average Bonchev–Trinajstić information content (AvgIpc) is 3.41. The number of hydrogen-bond acceptors (Lipinski definition) is 5. The Kier molecular flexibility index (Phi) is 6.77. The van der Waals surface area contributed by atoms with Gasteiger partial charge in [0.05, 0.1) is 18.1 Å². The zero-order chi connectivity index (χ0) is 21.0. The van der Waals surface area contributed by atoms with Gasteiger partial charge in [0.1, 0.15) is 6.54 Å². The topological polar surface area (TPSA) is 92.8 Å². The molecule has 1 heterocycles. The van der Waals surface area contributed by atoms with E-state index in [0.29, 0.717) is 31.9 Å². The number of unbranched alkanes of at least 4 members (excludes halogenated alkanes) is 1. The summed E-state index contributed by atoms with van der Waals surface area (Å²) < 4.78 is 44.4. The Bertz CT molecular complexity index is 870. The maximum Gasteiger partial charge on any atom is 0.324 e. The fourth-order valence-electron chi connectivity index (χ4n) is 3.28. The monoisotopic (exact) mass is 426 g/mol. The van der Waals surface area contributed by atoms with Crippen LogP contribution in [0.5, 0.6) is 5.75 Å². The lowest BCUT2D eigenvalue weighted by Crippen LogP contribution is -2.29. The largest absolute Gasteiger partial charge is 0.490 e. The van der Waals surface area contributed by atoms with Crippen LogP contribution in [0.15, 0.2) is 18.2 Å². The first-order valence-corrected chi connectivity index (χ1v) is 11.8. The maximum absolute atomic E-state index is 13.9. The number of urea groups is 1. The van der Waals surface area contributed by atoms with E-state index in [1.165, 1.54) is 11.0 Å². The van der Waals surface area contributed by atoms with Gasteiger partial charge in [-0.05, 0) is 55.2 Å². The molecule has 1 aromatic carbocycles. The summed E-state index contributed by atoms with van der Waals surface area (Å²) in [6.07, 6.45) is 3.12. The third-order valence-corrected chi connectivity index (χ3v) is 7.12. The quantitative estimate of drug-likeness (QED) is 0.433. The molecule has 0 spiro atoms. The zero-order valence-electron chi connectivity index (χ0n) is 16.5. The molecule has 1 N–H and O–H groups in total. The number of sulfone groups is 1. The molecule has 1 aromatic rings. The molecule has 1 saturated heterocycles. The third kappa shape index (κ3) is 6.42. The Morgan fingerprint density at radius 2 is 2.03 bits per heavy atom. The van der Waals surface area contributed by atoms with E-state index in [1.54, 1.807) is 19.1 Å². The van der Waals surface area contributed by atoms with Crippen molar-refractivity contribution < 1.29 is 27.1 Å². The van der Waals surface area contributed by atoms with Crippen LogP contribution in [0.3, 0.4) is 0 Å². The van der Waals surface area contributed by atoms with Gasteiger partial charge in [-0.25, -0.2) is 17.6 Å². The van der Waals surface area contributed by atoms with Gasteiger partial charge in [0, 0.05) is 6.54 Å². The van der Waals surface area contributed by atoms with E-state index in [4.69, 9.17) is 4.74 Å². The van der Waals surface area contributed by atoms with E-state index in [-0.39, 0.29) is 35.6 Å². The minimum Gasteiger partial charge on any atom is -0.490 e. The van der Waals surface area contributed by atoms with Gasteiger partial charge >= 0.3 is 6.03 Å². The summed E-state index contributed by atoms with van der Waals surface area (Å²) >= 11 is 0. The SMILES string of the molecule is C[C@@H](CS(=O)(=O)CCCCN1CC(=O)NC1=O)c1ccc(F)c(OCC2CC2)c1. The van der Waals surface area contributed by atoms with Gasteiger partial charge in [-0.1, -0.05) is 13.0 Å². The predicted molar refractivity (Wildman–Crippen MR) is 106 cm³/mol. The first-order valence-electron chi connectivity index (χ1n) is 9.95. The minimum atomic E-state index is -3.31. The molecule has 2 fully saturated rings. The summed E-state index contributed by atoms with van der Waals surface area (Å²) in [6.45, 7) is 2.67. The van der Waals surface area contributed by atoms with Crippen molar-refractivity contribution in [3.63, 3.8) is 0 Å². The molecular formula is C20H27FN2O5S. The van der Waals surface area contributed by atoms with Crippen molar-refractivity contribution in [3.8, 4) is 5.75 Å². The number of halogens is 1. The number of rotatable bonds is 11. The first-order chi connectivity index (χ1) is 13.7. The number of imide groups is 1. The van der Waals surface area contributed by atoms with Crippen LogP contribution in [0.1, 0.15) is 44.1 Å². The Morgan fingerprint density at radius 1 is 1.28 bits per heavy atom. The molecule has 0 unspecified atom stereocenters. The second kappa shape index (κ2) is 9.11. The summed E-state index contributed by atoms with van der Waals surface area (Å²) in [4.78, 5) is 24.0. The van der Waals surface area contributed by atoms with E-state index >= 15 is 0 Å². The van der Waals surface area contributed by atoms with Crippen molar-refractivity contribution in [2.45, 2.75) is 38.5 Å². The van der Waals surface area contributed by atoms with Crippen LogP contribution in [-0.2, 0) is 14.6 Å². The highest BCUT2D eigenvalue weighted by Crippen LogP contribution is 2.31. The second-order valence-electron chi connectivity index (χ2n) is 7.94. The molecule has 3 amide bonds. The number of nitrogens with zero attached hydrogens (tertiary/aromatic N) is 1. The summed E-state index contributed by atoms with van der Waals surface area (Å²) in [5, 5.41) is 2.19. The second-order valence-corrected chi connectivity index (χ2v) is 10.2. The molecule has 0 radical (unpaired) electrons. The molecular weight excluding hydrogens is 399 g/mol. The highest BCUT2D eigenvalue weighted by atomic mass is 32.2. The number of ether oxygens (including phenoxy) is 1. The lowest BCUT2D eigenvalue weighted by molar-refractivity contribution is -0.118. The van der Waals surface area contributed by atoms with Crippen molar-refractivity contribution in [3.05, 3.63) is 29.6 Å². The number of carbonyl (C=O) groups excluding carboxylic acids is 2. The normalized spacial score (nSPS) is 18.1. The standard InChI is InChI=1S/C20H27FN2O5S/c1-14(16-6-7-17(21)18(10-16)28-12-15-4-5-15)13-29(26,27)9-3-2-8-23-11-19(24)22-20(23)25/h6-7,10,14-15H,2-5,8-9,11-13H2,1H3,(H,22,24,25)/t14-/m0/s1. The maximum atomic E-state index is 13.9. The minimum absolute atomic E-state index is 0.00692. The highest BCUT2D eigenvalue weighted by molar-refractivity contribution is 7.91. The molecule has 9 heteroatoms. The average molecular weight is 427 g/mol. The van der Waals surface area contributed by atoms with Gasteiger partial charge in [-0.2, -0.15) is 0 Å². The molecule has 1 atom stereocenters. The van der Waals surface area contributed by atoms with E-state index in [1.807, 2.05) is 0 Å². The van der Waals surface area contributed by atoms with Gasteiger partial charge in [0.2, 0.25) is 5.91 Å². The molecule has 1 aliphatic heterocycles. The number of carbonyl (C=O) groups is 2. The highest BCUT2D eigenvalue weighted by Gasteiger charge is 2.26. The van der Waals surface area contributed by atoms with Crippen LogP contribution in [0.4, 0.5) is 9.18 Å². The number of hydrogen-bond donors (Lipinski definition) is 1. The zero-order valence-corrected chi connectivity index (χ0v) is 17.3. The van der Waals surface area contributed by atoms with Crippen molar-refractivity contribution >= 4 is 21.8 Å². The van der Waals surface area contributed by atoms with Crippen molar-refractivity contribution in [2.75, 3.05) is 31.2 Å². The van der Waals surface area contributed by atoms with Gasteiger partial charge in [-0.3, -0.25) is 10.1 Å². The van der Waals surface area contributed by atoms with Crippen molar-refractivity contribution in [1.29, 1.82) is 0 Å². The fraction of sp³-hybridized carbons (Fsp3) is 0.600. The molecule has 7 nitrogen and oxygen atoms in total. The van der Waals surface area contributed by atoms with E-state index < -0.39 is 21.7 Å². The fourth-order valence-corrected chi connectivity index (χ4v) is 5.04. The summed E-state index contributed by atoms with van der Waals surface area (Å²) in [6, 6.07) is 4.09. The first kappa shape index (κ1) is 21.5. The van der Waals surface area contributed by atoms with Crippen LogP contribution >= 0.6 is 0 Å². The number of benzene rings is 1. The Labute approximate surface area is 170 Å². The van der Waals surface area contributed by atoms with Crippen molar-refractivity contribution in [2.24, 2.45) is 5.92 Å². The van der Waals surface area contributed by atoms with E-state index in [9.17, 15) is 22.4 Å². The molecule has 0 bridgehead atoms. The van der Waals surface area contributed by atoms with Gasteiger partial charge < -0.3 is 9.64 Å². The van der Waals surface area contributed by atoms with E-state index in [2.05, 4.69) is 5.32 Å². The molecule has 3 rings (SSSR count). The van der Waals surface area contributed by atoms with Gasteiger partial charge in [-0.15, -0.1) is 0 Å². The predicted octanol–water partition coefficient (Wildman–Crippen LogP) is 2.46. The lowest BCUT2D eigenvalue weighted by atomic mass is 10.0. The Balaban J connectivity index is 1.46. The summed E-state index contributed by atoms with van der Waals surface area (Å²) in [5.74, 6) is -0.412. The molecule has 1 saturated carbocycles. The van der Waals surface area contributed by atoms with Crippen LogP contribution in [-0.4, -0.2) is 56.5 Å². The van der Waals surface area contributed by atoms with Crippen LogP contribution in [0.2, 0.25) is 0 Å². The smallest absolute Gasteiger partial charge is 0.324 e. The molecule has 1 aliphatic carbocycles. The molecule has 160 valence electrons. The van der Waals surface area contributed by atoms with Gasteiger partial charge in [0.25, 0.3) is 0 Å². The molecule has 2 aliphatic rings.